The Morgan fingerprint density at radius 3 is 2.88 bits per heavy atom. The smallest absolute Gasteiger partial charge is 0.289 e. The Labute approximate surface area is 142 Å². The number of carbonyl (C=O) groups excluding carboxylic acids is 1. The van der Waals surface area contributed by atoms with E-state index in [-0.39, 0.29) is 11.9 Å². The SMILES string of the molecule is CCOC(C)n1cc(-c2c(NC=O)cnn3cc([N+](=O)[O-])cc23)cn1. The highest BCUT2D eigenvalue weighted by molar-refractivity contribution is 5.94. The maximum atomic E-state index is 11.1. The number of anilines is 1. The molecule has 1 N–H and O–H groups in total. The van der Waals surface area contributed by atoms with Crippen LogP contribution in [0.4, 0.5) is 11.4 Å². The van der Waals surface area contributed by atoms with Gasteiger partial charge in [0.2, 0.25) is 6.41 Å². The van der Waals surface area contributed by atoms with Crippen LogP contribution >= 0.6 is 0 Å². The lowest BCUT2D eigenvalue weighted by molar-refractivity contribution is -0.384. The van der Waals surface area contributed by atoms with Crippen molar-refractivity contribution in [3.05, 3.63) is 41.0 Å². The fourth-order valence-corrected chi connectivity index (χ4v) is 2.60. The van der Waals surface area contributed by atoms with Gasteiger partial charge in [-0.1, -0.05) is 0 Å². The molecular formula is C15H16N6O4. The molecule has 0 aromatic carbocycles. The number of fused-ring (bicyclic) bond motifs is 1. The molecule has 0 aliphatic rings. The molecule has 0 saturated carbocycles. The van der Waals surface area contributed by atoms with E-state index in [4.69, 9.17) is 4.74 Å². The van der Waals surface area contributed by atoms with Crippen molar-refractivity contribution in [1.29, 1.82) is 0 Å². The van der Waals surface area contributed by atoms with E-state index in [9.17, 15) is 14.9 Å². The minimum absolute atomic E-state index is 0.0907. The number of carbonyl (C=O) groups is 1. The van der Waals surface area contributed by atoms with Crippen molar-refractivity contribution in [2.45, 2.75) is 20.1 Å². The number of hydrogen-bond acceptors (Lipinski definition) is 6. The van der Waals surface area contributed by atoms with Crippen LogP contribution in [0.3, 0.4) is 0 Å². The minimum Gasteiger partial charge on any atom is -0.357 e. The van der Waals surface area contributed by atoms with E-state index in [0.29, 0.717) is 35.3 Å². The highest BCUT2D eigenvalue weighted by Gasteiger charge is 2.19. The number of rotatable bonds is 7. The van der Waals surface area contributed by atoms with Gasteiger partial charge in [0.15, 0.2) is 0 Å². The highest BCUT2D eigenvalue weighted by atomic mass is 16.6. The van der Waals surface area contributed by atoms with E-state index in [1.807, 2.05) is 13.8 Å². The van der Waals surface area contributed by atoms with Crippen molar-refractivity contribution in [3.8, 4) is 11.1 Å². The molecule has 3 rings (SSSR count). The van der Waals surface area contributed by atoms with Crippen LogP contribution in [0.15, 0.2) is 30.9 Å². The summed E-state index contributed by atoms with van der Waals surface area (Å²) in [6.45, 7) is 4.28. The predicted molar refractivity (Wildman–Crippen MR) is 89.1 cm³/mol. The summed E-state index contributed by atoms with van der Waals surface area (Å²) in [7, 11) is 0. The van der Waals surface area contributed by atoms with Crippen LogP contribution in [-0.4, -0.2) is 37.3 Å². The third-order valence-electron chi connectivity index (χ3n) is 3.72. The number of nitrogens with zero attached hydrogens (tertiary/aromatic N) is 5. The minimum atomic E-state index is -0.494. The molecule has 0 fully saturated rings. The lowest BCUT2D eigenvalue weighted by Gasteiger charge is -2.11. The van der Waals surface area contributed by atoms with E-state index >= 15 is 0 Å². The second kappa shape index (κ2) is 6.69. The maximum absolute atomic E-state index is 11.1. The predicted octanol–water partition coefficient (Wildman–Crippen LogP) is 2.23. The molecule has 25 heavy (non-hydrogen) atoms. The Kier molecular flexibility index (Phi) is 4.44. The van der Waals surface area contributed by atoms with Crippen molar-refractivity contribution in [3.63, 3.8) is 0 Å². The lowest BCUT2D eigenvalue weighted by atomic mass is 10.1. The molecule has 3 aromatic heterocycles. The zero-order valence-corrected chi connectivity index (χ0v) is 13.6. The lowest BCUT2D eigenvalue weighted by Crippen LogP contribution is -2.09. The van der Waals surface area contributed by atoms with E-state index in [0.717, 1.165) is 0 Å². The maximum Gasteiger partial charge on any atom is 0.289 e. The molecule has 0 saturated heterocycles. The van der Waals surface area contributed by atoms with Gasteiger partial charge in [-0.25, -0.2) is 9.20 Å². The largest absolute Gasteiger partial charge is 0.357 e. The number of ether oxygens (including phenoxy) is 1. The molecule has 1 atom stereocenters. The monoisotopic (exact) mass is 344 g/mol. The van der Waals surface area contributed by atoms with Gasteiger partial charge in [0.05, 0.1) is 28.5 Å². The zero-order chi connectivity index (χ0) is 18.0. The molecule has 130 valence electrons. The Hall–Kier alpha value is -3.27. The fraction of sp³-hybridized carbons (Fsp3) is 0.267. The zero-order valence-electron chi connectivity index (χ0n) is 13.6. The average molecular weight is 344 g/mol. The second-order valence-corrected chi connectivity index (χ2v) is 5.24. The van der Waals surface area contributed by atoms with Crippen LogP contribution in [0.5, 0.6) is 0 Å². The third kappa shape index (κ3) is 3.06. The van der Waals surface area contributed by atoms with Crippen LogP contribution in [0, 0.1) is 10.1 Å². The van der Waals surface area contributed by atoms with Crippen molar-refractivity contribution in [2.24, 2.45) is 0 Å². The quantitative estimate of drug-likeness (QED) is 0.399. The van der Waals surface area contributed by atoms with Crippen molar-refractivity contribution in [1.82, 2.24) is 19.4 Å². The third-order valence-corrected chi connectivity index (χ3v) is 3.72. The van der Waals surface area contributed by atoms with E-state index in [1.54, 1.807) is 17.1 Å². The summed E-state index contributed by atoms with van der Waals surface area (Å²) >= 11 is 0. The van der Waals surface area contributed by atoms with Crippen molar-refractivity contribution < 1.29 is 14.5 Å². The molecule has 1 unspecified atom stereocenters. The van der Waals surface area contributed by atoms with Gasteiger partial charge in [0.1, 0.15) is 12.4 Å². The van der Waals surface area contributed by atoms with Crippen LogP contribution in [0.2, 0.25) is 0 Å². The van der Waals surface area contributed by atoms with Gasteiger partial charge in [0.25, 0.3) is 5.69 Å². The average Bonchev–Trinajstić information content (AvgIpc) is 3.22. The summed E-state index contributed by atoms with van der Waals surface area (Å²) in [5.41, 5.74) is 2.09. The fourth-order valence-electron chi connectivity index (χ4n) is 2.60. The summed E-state index contributed by atoms with van der Waals surface area (Å²) in [6.07, 6.45) is 6.38. The first-order valence-electron chi connectivity index (χ1n) is 7.57. The molecular weight excluding hydrogens is 328 g/mol. The molecule has 10 heteroatoms. The van der Waals surface area contributed by atoms with E-state index < -0.39 is 4.92 Å². The first-order valence-corrected chi connectivity index (χ1v) is 7.57. The number of nitrogens with one attached hydrogen (secondary N) is 1. The van der Waals surface area contributed by atoms with Gasteiger partial charge >= 0.3 is 0 Å². The summed E-state index contributed by atoms with van der Waals surface area (Å²) in [6, 6.07) is 1.40. The van der Waals surface area contributed by atoms with E-state index in [2.05, 4.69) is 15.5 Å². The van der Waals surface area contributed by atoms with Crippen LogP contribution in [0.25, 0.3) is 16.6 Å². The second-order valence-electron chi connectivity index (χ2n) is 5.24. The molecule has 0 aliphatic carbocycles. The topological polar surface area (TPSA) is 117 Å². The molecule has 10 nitrogen and oxygen atoms in total. The summed E-state index contributed by atoms with van der Waals surface area (Å²) in [4.78, 5) is 21.5. The van der Waals surface area contributed by atoms with Crippen LogP contribution < -0.4 is 5.32 Å². The number of nitro groups is 1. The Morgan fingerprint density at radius 1 is 1.40 bits per heavy atom. The Morgan fingerprint density at radius 2 is 2.20 bits per heavy atom. The van der Waals surface area contributed by atoms with Gasteiger partial charge in [-0.15, -0.1) is 0 Å². The number of hydrogen-bond donors (Lipinski definition) is 1. The van der Waals surface area contributed by atoms with Gasteiger partial charge in [0, 0.05) is 30.0 Å². The summed E-state index contributed by atoms with van der Waals surface area (Å²) in [5.74, 6) is 0. The standard InChI is InChI=1S/C15H16N6O4/c1-3-25-10(2)19-7-11(5-17-19)15-13(16-9-22)6-18-20-8-12(21(23)24)4-14(15)20/h4-10H,3H2,1-2H3,(H,16,22). The van der Waals surface area contributed by atoms with Gasteiger partial charge in [-0.3, -0.25) is 14.9 Å². The van der Waals surface area contributed by atoms with Gasteiger partial charge in [-0.05, 0) is 13.8 Å². The first kappa shape index (κ1) is 16.6. The van der Waals surface area contributed by atoms with Crippen molar-refractivity contribution >= 4 is 23.3 Å². The Balaban J connectivity index is 2.16. The molecule has 0 spiro atoms. The summed E-state index contributed by atoms with van der Waals surface area (Å²) < 4.78 is 8.53. The molecule has 0 bridgehead atoms. The normalized spacial score (nSPS) is 12.2. The van der Waals surface area contributed by atoms with E-state index in [1.165, 1.54) is 23.0 Å². The summed E-state index contributed by atoms with van der Waals surface area (Å²) in [5, 5.41) is 22.0. The Bertz CT molecular complexity index is 931. The molecule has 1 amide bonds. The van der Waals surface area contributed by atoms with Crippen LogP contribution in [-0.2, 0) is 9.53 Å². The van der Waals surface area contributed by atoms with Gasteiger partial charge < -0.3 is 10.1 Å². The van der Waals surface area contributed by atoms with Crippen LogP contribution in [0.1, 0.15) is 20.1 Å². The number of aromatic nitrogens is 4. The molecule has 3 aromatic rings. The molecule has 0 aliphatic heterocycles. The molecule has 0 radical (unpaired) electrons. The molecule has 3 heterocycles. The highest BCUT2D eigenvalue weighted by Crippen LogP contribution is 2.34. The number of amides is 1. The van der Waals surface area contributed by atoms with Gasteiger partial charge in [-0.2, -0.15) is 10.2 Å². The first-order chi connectivity index (χ1) is 12.0. The van der Waals surface area contributed by atoms with Crippen molar-refractivity contribution in [2.75, 3.05) is 11.9 Å².